The predicted molar refractivity (Wildman–Crippen MR) is 148 cm³/mol. The molecule has 1 aliphatic rings. The third-order valence-corrected chi connectivity index (χ3v) is 7.02. The second-order valence-electron chi connectivity index (χ2n) is 7.87. The minimum atomic E-state index is -0.101. The number of methoxy groups -OCH3 is 1. The Hall–Kier alpha value is -3.06. The highest BCUT2D eigenvalue weighted by Crippen LogP contribution is 2.38. The van der Waals surface area contributed by atoms with E-state index in [-0.39, 0.29) is 5.91 Å². The Labute approximate surface area is 220 Å². The van der Waals surface area contributed by atoms with Crippen molar-refractivity contribution in [1.82, 2.24) is 4.90 Å². The number of halogens is 1. The summed E-state index contributed by atoms with van der Waals surface area (Å²) in [5, 5.41) is 0.678. The molecule has 0 N–H and O–H groups in total. The lowest BCUT2D eigenvalue weighted by Crippen LogP contribution is -2.27. The molecular weight excluding hydrogens is 498 g/mol. The maximum atomic E-state index is 13.1. The molecule has 7 heteroatoms. The predicted octanol–water partition coefficient (Wildman–Crippen LogP) is 7.06. The summed E-state index contributed by atoms with van der Waals surface area (Å²) in [6.45, 7) is 4.70. The molecule has 0 atom stereocenters. The lowest BCUT2D eigenvalue weighted by molar-refractivity contribution is -0.122. The van der Waals surface area contributed by atoms with Gasteiger partial charge in [-0.15, -0.1) is 6.58 Å². The van der Waals surface area contributed by atoms with Crippen LogP contribution in [-0.4, -0.2) is 22.2 Å². The lowest BCUT2D eigenvalue weighted by atomic mass is 10.0. The monoisotopic (exact) mass is 521 g/mol. The van der Waals surface area contributed by atoms with Gasteiger partial charge in [0.25, 0.3) is 5.91 Å². The molecule has 1 fully saturated rings. The topological polar surface area (TPSA) is 38.8 Å². The van der Waals surface area contributed by atoms with Crippen LogP contribution in [0.2, 0.25) is 5.02 Å². The van der Waals surface area contributed by atoms with E-state index in [4.69, 9.17) is 33.3 Å². The zero-order chi connectivity index (χ0) is 24.8. The Morgan fingerprint density at radius 3 is 2.51 bits per heavy atom. The number of ether oxygens (including phenoxy) is 2. The van der Waals surface area contributed by atoms with E-state index in [0.29, 0.717) is 45.3 Å². The number of carbonyl (C=O) groups is 1. The van der Waals surface area contributed by atoms with Crippen LogP contribution in [0.4, 0.5) is 0 Å². The van der Waals surface area contributed by atoms with Gasteiger partial charge >= 0.3 is 0 Å². The fourth-order valence-corrected chi connectivity index (χ4v) is 5.06. The molecular formula is C28H24ClNO3S2. The number of thiocarbonyl (C=S) groups is 1. The molecule has 3 aromatic carbocycles. The Morgan fingerprint density at radius 2 is 1.83 bits per heavy atom. The number of benzene rings is 3. The second-order valence-corrected chi connectivity index (χ2v) is 9.99. The number of hydrogen-bond acceptors (Lipinski definition) is 5. The number of amides is 1. The minimum absolute atomic E-state index is 0.101. The van der Waals surface area contributed by atoms with Gasteiger partial charge in [-0.05, 0) is 53.5 Å². The van der Waals surface area contributed by atoms with Crippen LogP contribution in [0.1, 0.15) is 22.3 Å². The quantitative estimate of drug-likeness (QED) is 0.171. The van der Waals surface area contributed by atoms with Gasteiger partial charge in [-0.25, -0.2) is 0 Å². The summed E-state index contributed by atoms with van der Waals surface area (Å²) in [6, 6.07) is 21.2. The second kappa shape index (κ2) is 11.6. The summed E-state index contributed by atoms with van der Waals surface area (Å²) in [6.07, 6.45) is 4.25. The SMILES string of the molecule is C=CCc1cc(/C=C2/SC(=S)N(Cc3ccccc3)C2=O)cc(OC)c1OCc1ccc(Cl)cc1. The van der Waals surface area contributed by atoms with Crippen LogP contribution in [0.3, 0.4) is 0 Å². The number of thioether (sulfide) groups is 1. The van der Waals surface area contributed by atoms with E-state index in [2.05, 4.69) is 6.58 Å². The third-order valence-electron chi connectivity index (χ3n) is 5.39. The van der Waals surface area contributed by atoms with Gasteiger partial charge in [-0.2, -0.15) is 0 Å². The first-order valence-corrected chi connectivity index (χ1v) is 12.6. The van der Waals surface area contributed by atoms with Gasteiger partial charge in [0.15, 0.2) is 11.5 Å². The highest BCUT2D eigenvalue weighted by molar-refractivity contribution is 8.26. The molecule has 3 aromatic rings. The molecule has 0 bridgehead atoms. The molecule has 178 valence electrons. The molecule has 4 nitrogen and oxygen atoms in total. The largest absolute Gasteiger partial charge is 0.493 e. The third kappa shape index (κ3) is 6.14. The average molecular weight is 522 g/mol. The van der Waals surface area contributed by atoms with Crippen LogP contribution in [0.5, 0.6) is 11.5 Å². The van der Waals surface area contributed by atoms with Crippen molar-refractivity contribution >= 4 is 51.9 Å². The Balaban J connectivity index is 1.59. The fourth-order valence-electron chi connectivity index (χ4n) is 3.68. The first kappa shape index (κ1) is 25.0. The van der Waals surface area contributed by atoms with E-state index in [1.807, 2.05) is 78.9 Å². The first-order chi connectivity index (χ1) is 17.0. The minimum Gasteiger partial charge on any atom is -0.493 e. The zero-order valence-electron chi connectivity index (χ0n) is 19.2. The standard InChI is InChI=1S/C28H24ClNO3S2/c1-3-7-22-14-21(15-24(32-2)26(22)33-18-20-10-12-23(29)13-11-20)16-25-27(31)30(28(34)35-25)17-19-8-5-4-6-9-19/h3-6,8-16H,1,7,17-18H2,2H3/b25-16+. The maximum absolute atomic E-state index is 13.1. The normalized spacial score (nSPS) is 14.5. The summed E-state index contributed by atoms with van der Waals surface area (Å²) in [5.41, 5.74) is 3.77. The van der Waals surface area contributed by atoms with Crippen molar-refractivity contribution < 1.29 is 14.3 Å². The molecule has 0 radical (unpaired) electrons. The van der Waals surface area contributed by atoms with Crippen LogP contribution < -0.4 is 9.47 Å². The molecule has 0 saturated carbocycles. The average Bonchev–Trinajstić information content (AvgIpc) is 3.12. The fraction of sp³-hybridized carbons (Fsp3) is 0.143. The molecule has 0 aliphatic carbocycles. The molecule has 4 rings (SSSR count). The van der Waals surface area contributed by atoms with Gasteiger partial charge in [0.05, 0.1) is 18.6 Å². The van der Waals surface area contributed by atoms with Gasteiger partial charge < -0.3 is 9.47 Å². The number of carbonyl (C=O) groups excluding carboxylic acids is 1. The summed E-state index contributed by atoms with van der Waals surface area (Å²) >= 11 is 12.8. The van der Waals surface area contributed by atoms with Crippen molar-refractivity contribution in [3.63, 3.8) is 0 Å². The zero-order valence-corrected chi connectivity index (χ0v) is 21.6. The highest BCUT2D eigenvalue weighted by Gasteiger charge is 2.32. The van der Waals surface area contributed by atoms with Gasteiger partial charge in [-0.1, -0.05) is 84.1 Å². The van der Waals surface area contributed by atoms with Crippen molar-refractivity contribution in [2.24, 2.45) is 0 Å². The summed E-state index contributed by atoms with van der Waals surface area (Å²) in [4.78, 5) is 15.3. The lowest BCUT2D eigenvalue weighted by Gasteiger charge is -2.16. The van der Waals surface area contributed by atoms with Gasteiger partial charge in [0, 0.05) is 10.6 Å². The van der Waals surface area contributed by atoms with Crippen LogP contribution >= 0.6 is 35.6 Å². The number of allylic oxidation sites excluding steroid dienone is 1. The first-order valence-electron chi connectivity index (χ1n) is 11.0. The summed E-state index contributed by atoms with van der Waals surface area (Å²) in [7, 11) is 1.60. The Bertz CT molecular complexity index is 1270. The van der Waals surface area contributed by atoms with Crippen molar-refractivity contribution in [1.29, 1.82) is 0 Å². The summed E-state index contributed by atoms with van der Waals surface area (Å²) in [5.74, 6) is 1.14. The molecule has 35 heavy (non-hydrogen) atoms. The summed E-state index contributed by atoms with van der Waals surface area (Å²) < 4.78 is 12.3. The van der Waals surface area contributed by atoms with E-state index in [1.165, 1.54) is 11.8 Å². The van der Waals surface area contributed by atoms with Crippen molar-refractivity contribution in [2.75, 3.05) is 7.11 Å². The van der Waals surface area contributed by atoms with Crippen molar-refractivity contribution in [3.8, 4) is 11.5 Å². The molecule has 1 amide bonds. The van der Waals surface area contributed by atoms with Gasteiger partial charge in [0.1, 0.15) is 10.9 Å². The van der Waals surface area contributed by atoms with Crippen LogP contribution in [0, 0.1) is 0 Å². The van der Waals surface area contributed by atoms with E-state index in [0.717, 1.165) is 22.3 Å². The van der Waals surface area contributed by atoms with E-state index in [9.17, 15) is 4.79 Å². The molecule has 1 aliphatic heterocycles. The van der Waals surface area contributed by atoms with E-state index in [1.54, 1.807) is 12.0 Å². The molecule has 0 unspecified atom stereocenters. The molecule has 1 heterocycles. The van der Waals surface area contributed by atoms with Gasteiger partial charge in [-0.3, -0.25) is 9.69 Å². The van der Waals surface area contributed by atoms with Crippen molar-refractivity contribution in [3.05, 3.63) is 112 Å². The smallest absolute Gasteiger partial charge is 0.266 e. The Kier molecular flexibility index (Phi) is 8.29. The maximum Gasteiger partial charge on any atom is 0.266 e. The van der Waals surface area contributed by atoms with Crippen LogP contribution in [0.25, 0.3) is 6.08 Å². The van der Waals surface area contributed by atoms with Crippen LogP contribution in [0.15, 0.2) is 84.3 Å². The Morgan fingerprint density at radius 1 is 1.09 bits per heavy atom. The van der Waals surface area contributed by atoms with E-state index >= 15 is 0 Å². The van der Waals surface area contributed by atoms with Crippen LogP contribution in [-0.2, 0) is 24.4 Å². The van der Waals surface area contributed by atoms with E-state index < -0.39 is 0 Å². The number of hydrogen-bond donors (Lipinski definition) is 0. The number of nitrogens with zero attached hydrogens (tertiary/aromatic N) is 1. The number of rotatable bonds is 9. The molecule has 0 aromatic heterocycles. The molecule has 0 spiro atoms. The molecule has 1 saturated heterocycles. The van der Waals surface area contributed by atoms with Crippen molar-refractivity contribution in [2.45, 2.75) is 19.6 Å². The highest BCUT2D eigenvalue weighted by atomic mass is 35.5. The van der Waals surface area contributed by atoms with Gasteiger partial charge in [0.2, 0.25) is 0 Å².